The summed E-state index contributed by atoms with van der Waals surface area (Å²) in [5, 5.41) is 13.6. The predicted octanol–water partition coefficient (Wildman–Crippen LogP) is 3.01. The third-order valence-electron chi connectivity index (χ3n) is 3.36. The minimum absolute atomic E-state index is 0.0110. The third-order valence-corrected chi connectivity index (χ3v) is 4.08. The van der Waals surface area contributed by atoms with Crippen LogP contribution in [0.4, 0.5) is 4.39 Å². The third kappa shape index (κ3) is 3.06. The fourth-order valence-corrected chi connectivity index (χ4v) is 2.83. The maximum absolute atomic E-state index is 13.2. The van der Waals surface area contributed by atoms with E-state index in [0.717, 1.165) is 23.9 Å². The zero-order valence-electron chi connectivity index (χ0n) is 9.79. The van der Waals surface area contributed by atoms with Crippen LogP contribution in [0.3, 0.4) is 0 Å². The van der Waals surface area contributed by atoms with E-state index in [1.54, 1.807) is 6.07 Å². The van der Waals surface area contributed by atoms with E-state index in [2.05, 4.69) is 28.2 Å². The van der Waals surface area contributed by atoms with Crippen LogP contribution < -0.4 is 5.32 Å². The molecule has 2 rings (SSSR count). The lowest BCUT2D eigenvalue weighted by molar-refractivity contribution is 0.101. The van der Waals surface area contributed by atoms with Crippen LogP contribution >= 0.6 is 15.9 Å². The van der Waals surface area contributed by atoms with Gasteiger partial charge in [-0.2, -0.15) is 0 Å². The number of aliphatic hydroxyl groups excluding tert-OH is 1. The summed E-state index contributed by atoms with van der Waals surface area (Å²) >= 11 is 3.36. The maximum atomic E-state index is 13.2. The van der Waals surface area contributed by atoms with Gasteiger partial charge in [-0.15, -0.1) is 0 Å². The number of hydrogen-bond donors (Lipinski definition) is 2. The van der Waals surface area contributed by atoms with Gasteiger partial charge in [0, 0.05) is 10.5 Å². The lowest BCUT2D eigenvalue weighted by atomic mass is 9.89. The molecule has 4 heteroatoms. The van der Waals surface area contributed by atoms with Crippen LogP contribution in [-0.2, 0) is 0 Å². The van der Waals surface area contributed by atoms with Gasteiger partial charge in [-0.1, -0.05) is 22.9 Å². The van der Waals surface area contributed by atoms with E-state index < -0.39 is 6.10 Å². The van der Waals surface area contributed by atoms with Crippen LogP contribution in [0, 0.1) is 11.7 Å². The molecule has 3 unspecified atom stereocenters. The van der Waals surface area contributed by atoms with Gasteiger partial charge < -0.3 is 10.4 Å². The topological polar surface area (TPSA) is 32.3 Å². The summed E-state index contributed by atoms with van der Waals surface area (Å²) in [4.78, 5) is 0. The van der Waals surface area contributed by atoms with Gasteiger partial charge >= 0.3 is 0 Å². The van der Waals surface area contributed by atoms with E-state index in [4.69, 9.17) is 0 Å². The van der Waals surface area contributed by atoms with Crippen molar-refractivity contribution in [2.24, 2.45) is 5.92 Å². The molecule has 17 heavy (non-hydrogen) atoms. The summed E-state index contributed by atoms with van der Waals surface area (Å²) in [7, 11) is 0. The largest absolute Gasteiger partial charge is 0.387 e. The molecule has 1 fully saturated rings. The second-order valence-electron chi connectivity index (χ2n) is 4.80. The summed E-state index contributed by atoms with van der Waals surface area (Å²) in [6, 6.07) is 4.43. The molecule has 1 heterocycles. The number of benzene rings is 1. The molecule has 1 aliphatic heterocycles. The Morgan fingerprint density at radius 3 is 3.00 bits per heavy atom. The average molecular weight is 302 g/mol. The number of halogens is 2. The van der Waals surface area contributed by atoms with Crippen molar-refractivity contribution in [2.75, 3.05) is 6.54 Å². The second kappa shape index (κ2) is 5.46. The molecule has 2 nitrogen and oxygen atoms in total. The summed E-state index contributed by atoms with van der Waals surface area (Å²) in [5.41, 5.74) is 0.622. The Balaban J connectivity index is 2.18. The normalized spacial score (nSPS) is 26.8. The lowest BCUT2D eigenvalue weighted by Gasteiger charge is -2.32. The molecule has 1 saturated heterocycles. The predicted molar refractivity (Wildman–Crippen MR) is 69.2 cm³/mol. The Hall–Kier alpha value is -0.450. The first-order chi connectivity index (χ1) is 8.08. The highest BCUT2D eigenvalue weighted by Gasteiger charge is 2.27. The van der Waals surface area contributed by atoms with E-state index in [9.17, 15) is 9.50 Å². The molecule has 1 aliphatic rings. The van der Waals surface area contributed by atoms with Crippen LogP contribution in [0.15, 0.2) is 22.7 Å². The highest BCUT2D eigenvalue weighted by Crippen LogP contribution is 2.30. The Kier molecular flexibility index (Phi) is 4.17. The van der Waals surface area contributed by atoms with Crippen molar-refractivity contribution in [3.63, 3.8) is 0 Å². The van der Waals surface area contributed by atoms with Gasteiger partial charge in [-0.3, -0.25) is 0 Å². The monoisotopic (exact) mass is 301 g/mol. The molecule has 0 spiro atoms. The molecule has 94 valence electrons. The van der Waals surface area contributed by atoms with Crippen molar-refractivity contribution in [2.45, 2.75) is 31.9 Å². The molecule has 0 aliphatic carbocycles. The van der Waals surface area contributed by atoms with Crippen LogP contribution in [-0.4, -0.2) is 17.7 Å². The van der Waals surface area contributed by atoms with Crippen molar-refractivity contribution in [3.8, 4) is 0 Å². The molecule has 1 aromatic rings. The molecular formula is C13H17BrFNO. The minimum Gasteiger partial charge on any atom is -0.387 e. The first-order valence-electron chi connectivity index (χ1n) is 5.94. The molecular weight excluding hydrogens is 285 g/mol. The zero-order valence-corrected chi connectivity index (χ0v) is 11.4. The Morgan fingerprint density at radius 2 is 2.29 bits per heavy atom. The summed E-state index contributed by atoms with van der Waals surface area (Å²) in [6.45, 7) is 3.09. The van der Waals surface area contributed by atoms with Crippen LogP contribution in [0.1, 0.15) is 31.4 Å². The summed E-state index contributed by atoms with van der Waals surface area (Å²) < 4.78 is 14.0. The van der Waals surface area contributed by atoms with Crippen molar-refractivity contribution in [3.05, 3.63) is 34.1 Å². The van der Waals surface area contributed by atoms with E-state index in [0.29, 0.717) is 11.5 Å². The Morgan fingerprint density at radius 1 is 1.53 bits per heavy atom. The van der Waals surface area contributed by atoms with E-state index in [-0.39, 0.29) is 11.9 Å². The Labute approximate surface area is 109 Å². The second-order valence-corrected chi connectivity index (χ2v) is 5.66. The fourth-order valence-electron chi connectivity index (χ4n) is 2.35. The SMILES string of the molecule is CC1CCNC(C(O)c2cc(F)ccc2Br)C1. The highest BCUT2D eigenvalue weighted by molar-refractivity contribution is 9.10. The van der Waals surface area contributed by atoms with Crippen LogP contribution in [0.25, 0.3) is 0 Å². The standard InChI is InChI=1S/C13H17BrFNO/c1-8-4-5-16-12(6-8)13(17)10-7-9(15)2-3-11(10)14/h2-3,7-8,12-13,16-17H,4-6H2,1H3. The number of piperidine rings is 1. The smallest absolute Gasteiger partial charge is 0.123 e. The molecule has 0 amide bonds. The van der Waals surface area contributed by atoms with Gasteiger partial charge in [-0.25, -0.2) is 4.39 Å². The molecule has 0 radical (unpaired) electrons. The van der Waals surface area contributed by atoms with Gasteiger partial charge in [-0.05, 0) is 49.1 Å². The van der Waals surface area contributed by atoms with Gasteiger partial charge in [0.1, 0.15) is 5.82 Å². The van der Waals surface area contributed by atoms with Crippen molar-refractivity contribution >= 4 is 15.9 Å². The first-order valence-corrected chi connectivity index (χ1v) is 6.73. The molecule has 0 bridgehead atoms. The van der Waals surface area contributed by atoms with Gasteiger partial charge in [0.15, 0.2) is 0 Å². The molecule has 0 aromatic heterocycles. The number of aliphatic hydroxyl groups is 1. The maximum Gasteiger partial charge on any atom is 0.123 e. The van der Waals surface area contributed by atoms with Crippen molar-refractivity contribution < 1.29 is 9.50 Å². The highest BCUT2D eigenvalue weighted by atomic mass is 79.9. The number of nitrogens with one attached hydrogen (secondary N) is 1. The van der Waals surface area contributed by atoms with E-state index in [1.165, 1.54) is 12.1 Å². The molecule has 3 atom stereocenters. The fraction of sp³-hybridized carbons (Fsp3) is 0.538. The van der Waals surface area contributed by atoms with Crippen LogP contribution in [0.5, 0.6) is 0 Å². The zero-order chi connectivity index (χ0) is 12.4. The van der Waals surface area contributed by atoms with Crippen LogP contribution in [0.2, 0.25) is 0 Å². The van der Waals surface area contributed by atoms with Gasteiger partial charge in [0.2, 0.25) is 0 Å². The average Bonchev–Trinajstić information content (AvgIpc) is 2.31. The molecule has 0 saturated carbocycles. The van der Waals surface area contributed by atoms with Gasteiger partial charge in [0.25, 0.3) is 0 Å². The van der Waals surface area contributed by atoms with Gasteiger partial charge in [0.05, 0.1) is 6.10 Å². The number of rotatable bonds is 2. The Bertz CT molecular complexity index is 399. The lowest BCUT2D eigenvalue weighted by Crippen LogP contribution is -2.41. The number of hydrogen-bond acceptors (Lipinski definition) is 2. The summed E-state index contributed by atoms with van der Waals surface area (Å²) in [6.07, 6.45) is 1.39. The minimum atomic E-state index is -0.664. The van der Waals surface area contributed by atoms with Crippen molar-refractivity contribution in [1.29, 1.82) is 0 Å². The summed E-state index contributed by atoms with van der Waals surface area (Å²) in [5.74, 6) is 0.286. The van der Waals surface area contributed by atoms with Crippen molar-refractivity contribution in [1.82, 2.24) is 5.32 Å². The van der Waals surface area contributed by atoms with E-state index >= 15 is 0 Å². The molecule has 2 N–H and O–H groups in total. The molecule has 1 aromatic carbocycles. The first kappa shape index (κ1) is 13.0. The quantitative estimate of drug-likeness (QED) is 0.880. The van der Waals surface area contributed by atoms with E-state index in [1.807, 2.05) is 0 Å².